The molecule has 88 valence electrons. The molecule has 0 fully saturated rings. The van der Waals surface area contributed by atoms with E-state index in [1.165, 1.54) is 0 Å². The Balaban J connectivity index is 2.25. The van der Waals surface area contributed by atoms with Crippen molar-refractivity contribution in [3.63, 3.8) is 0 Å². The van der Waals surface area contributed by atoms with Gasteiger partial charge in [-0.3, -0.25) is 4.79 Å². The number of hydrogen-bond acceptors (Lipinski definition) is 1. The monoisotopic (exact) mass is 239 g/mol. The van der Waals surface area contributed by atoms with Gasteiger partial charge in [-0.15, -0.1) is 0 Å². The summed E-state index contributed by atoms with van der Waals surface area (Å²) in [4.78, 5) is 11.3. The molecule has 0 bridgehead atoms. The Morgan fingerprint density at radius 1 is 1.38 bits per heavy atom. The molecule has 0 saturated heterocycles. The number of carbonyl (C=O) groups excluding carboxylic acids is 1. The highest BCUT2D eigenvalue weighted by Gasteiger charge is 2.01. The molecule has 0 spiro atoms. The lowest BCUT2D eigenvalue weighted by Gasteiger charge is -2.06. The molecule has 1 amide bonds. The van der Waals surface area contributed by atoms with Crippen molar-refractivity contribution in [1.29, 1.82) is 0 Å². The molecule has 0 heterocycles. The number of rotatable bonds is 6. The predicted octanol–water partition coefficient (Wildman–Crippen LogP) is 3.19. The molecule has 0 aliphatic carbocycles. The van der Waals surface area contributed by atoms with Gasteiger partial charge in [0.25, 0.3) is 0 Å². The minimum atomic E-state index is 0.133. The van der Waals surface area contributed by atoms with E-state index in [9.17, 15) is 4.79 Å². The fraction of sp³-hybridized carbons (Fsp3) is 0.462. The van der Waals surface area contributed by atoms with E-state index in [1.807, 2.05) is 24.3 Å². The van der Waals surface area contributed by atoms with Crippen LogP contribution in [0.15, 0.2) is 24.3 Å². The van der Waals surface area contributed by atoms with E-state index in [1.54, 1.807) is 0 Å². The van der Waals surface area contributed by atoms with Crippen molar-refractivity contribution in [2.75, 3.05) is 6.54 Å². The van der Waals surface area contributed by atoms with Crippen LogP contribution >= 0.6 is 11.6 Å². The Labute approximate surface area is 102 Å². The standard InChI is InChI=1S/C13H18ClNO/c1-2-3-8-13(16)15-10-9-11-6-4-5-7-12(11)14/h4-7H,2-3,8-10H2,1H3,(H,15,16). The summed E-state index contributed by atoms with van der Waals surface area (Å²) in [5.74, 6) is 0.133. The third kappa shape index (κ3) is 4.67. The van der Waals surface area contributed by atoms with Crippen molar-refractivity contribution in [2.24, 2.45) is 0 Å². The second-order valence-corrected chi connectivity index (χ2v) is 4.20. The fourth-order valence-electron chi connectivity index (χ4n) is 1.46. The van der Waals surface area contributed by atoms with Crippen molar-refractivity contribution < 1.29 is 4.79 Å². The molecule has 0 saturated carbocycles. The van der Waals surface area contributed by atoms with Gasteiger partial charge in [0.2, 0.25) is 5.91 Å². The molecule has 0 radical (unpaired) electrons. The second-order valence-electron chi connectivity index (χ2n) is 3.79. The zero-order valence-electron chi connectivity index (χ0n) is 9.63. The zero-order chi connectivity index (χ0) is 11.8. The van der Waals surface area contributed by atoms with E-state index >= 15 is 0 Å². The van der Waals surface area contributed by atoms with E-state index < -0.39 is 0 Å². The molecule has 2 nitrogen and oxygen atoms in total. The van der Waals surface area contributed by atoms with Crippen molar-refractivity contribution in [1.82, 2.24) is 5.32 Å². The van der Waals surface area contributed by atoms with Crippen LogP contribution in [0.25, 0.3) is 0 Å². The summed E-state index contributed by atoms with van der Waals surface area (Å²) < 4.78 is 0. The molecule has 0 aliphatic rings. The largest absolute Gasteiger partial charge is 0.356 e. The lowest BCUT2D eigenvalue weighted by molar-refractivity contribution is -0.121. The van der Waals surface area contributed by atoms with E-state index in [2.05, 4.69) is 12.2 Å². The van der Waals surface area contributed by atoms with Gasteiger partial charge in [0, 0.05) is 18.0 Å². The number of hydrogen-bond donors (Lipinski definition) is 1. The van der Waals surface area contributed by atoms with Crippen molar-refractivity contribution in [2.45, 2.75) is 32.6 Å². The highest BCUT2D eigenvalue weighted by molar-refractivity contribution is 6.31. The molecule has 3 heteroatoms. The topological polar surface area (TPSA) is 29.1 Å². The molecular formula is C13H18ClNO. The maximum Gasteiger partial charge on any atom is 0.220 e. The smallest absolute Gasteiger partial charge is 0.220 e. The molecule has 0 aromatic heterocycles. The van der Waals surface area contributed by atoms with Crippen molar-refractivity contribution in [3.05, 3.63) is 34.9 Å². The number of unbranched alkanes of at least 4 members (excludes halogenated alkanes) is 1. The highest BCUT2D eigenvalue weighted by atomic mass is 35.5. The molecule has 0 aliphatic heterocycles. The highest BCUT2D eigenvalue weighted by Crippen LogP contribution is 2.14. The van der Waals surface area contributed by atoms with Gasteiger partial charge in [0.05, 0.1) is 0 Å². The maximum absolute atomic E-state index is 11.3. The third-order valence-corrected chi connectivity index (χ3v) is 2.80. The Bertz CT molecular complexity index is 338. The predicted molar refractivity (Wildman–Crippen MR) is 67.7 cm³/mol. The van der Waals surface area contributed by atoms with Crippen LogP contribution in [0, 0.1) is 0 Å². The average Bonchev–Trinajstić information content (AvgIpc) is 2.29. The van der Waals surface area contributed by atoms with Crippen LogP contribution in [0.5, 0.6) is 0 Å². The second kappa shape index (κ2) is 7.29. The number of benzene rings is 1. The van der Waals surface area contributed by atoms with E-state index in [0.29, 0.717) is 13.0 Å². The van der Waals surface area contributed by atoms with Crippen molar-refractivity contribution >= 4 is 17.5 Å². The summed E-state index contributed by atoms with van der Waals surface area (Å²) in [6.45, 7) is 2.74. The molecule has 1 N–H and O–H groups in total. The Morgan fingerprint density at radius 2 is 2.12 bits per heavy atom. The Morgan fingerprint density at radius 3 is 2.81 bits per heavy atom. The molecule has 0 atom stereocenters. The lowest BCUT2D eigenvalue weighted by atomic mass is 10.1. The van der Waals surface area contributed by atoms with Crippen LogP contribution in [0.3, 0.4) is 0 Å². The van der Waals surface area contributed by atoms with Crippen LogP contribution in [0.2, 0.25) is 5.02 Å². The molecule has 1 rings (SSSR count). The number of amides is 1. The van der Waals surface area contributed by atoms with E-state index in [-0.39, 0.29) is 5.91 Å². The molecular weight excluding hydrogens is 222 g/mol. The van der Waals surface area contributed by atoms with Crippen LogP contribution in [-0.2, 0) is 11.2 Å². The average molecular weight is 240 g/mol. The molecule has 16 heavy (non-hydrogen) atoms. The first kappa shape index (κ1) is 13.0. The lowest BCUT2D eigenvalue weighted by Crippen LogP contribution is -2.25. The van der Waals surface area contributed by atoms with Gasteiger partial charge in [-0.2, -0.15) is 0 Å². The summed E-state index contributed by atoms with van der Waals surface area (Å²) in [7, 11) is 0. The zero-order valence-corrected chi connectivity index (χ0v) is 10.4. The Kier molecular flexibility index (Phi) is 5.94. The van der Waals surface area contributed by atoms with Crippen LogP contribution in [0.1, 0.15) is 31.7 Å². The van der Waals surface area contributed by atoms with Crippen LogP contribution in [0.4, 0.5) is 0 Å². The van der Waals surface area contributed by atoms with Crippen LogP contribution < -0.4 is 5.32 Å². The third-order valence-electron chi connectivity index (χ3n) is 2.43. The minimum absolute atomic E-state index is 0.133. The van der Waals surface area contributed by atoms with Crippen LogP contribution in [-0.4, -0.2) is 12.5 Å². The molecule has 1 aromatic carbocycles. The summed E-state index contributed by atoms with van der Waals surface area (Å²) in [6.07, 6.45) is 3.42. The van der Waals surface area contributed by atoms with Gasteiger partial charge in [-0.25, -0.2) is 0 Å². The van der Waals surface area contributed by atoms with E-state index in [4.69, 9.17) is 11.6 Å². The quantitative estimate of drug-likeness (QED) is 0.812. The maximum atomic E-state index is 11.3. The summed E-state index contributed by atoms with van der Waals surface area (Å²) >= 11 is 6.01. The molecule has 0 unspecified atom stereocenters. The SMILES string of the molecule is CCCCC(=O)NCCc1ccccc1Cl. The van der Waals surface area contributed by atoms with Gasteiger partial charge in [-0.05, 0) is 24.5 Å². The molecule has 1 aromatic rings. The van der Waals surface area contributed by atoms with Gasteiger partial charge < -0.3 is 5.32 Å². The first-order valence-electron chi connectivity index (χ1n) is 5.74. The first-order chi connectivity index (χ1) is 7.74. The van der Waals surface area contributed by atoms with Gasteiger partial charge >= 0.3 is 0 Å². The first-order valence-corrected chi connectivity index (χ1v) is 6.12. The summed E-state index contributed by atoms with van der Waals surface area (Å²) in [5, 5.41) is 3.66. The fourth-order valence-corrected chi connectivity index (χ4v) is 1.69. The normalized spacial score (nSPS) is 10.1. The summed E-state index contributed by atoms with van der Waals surface area (Å²) in [6, 6.07) is 7.72. The number of carbonyl (C=O) groups is 1. The van der Waals surface area contributed by atoms with Gasteiger partial charge in [0.1, 0.15) is 0 Å². The van der Waals surface area contributed by atoms with Gasteiger partial charge in [-0.1, -0.05) is 43.1 Å². The number of nitrogens with one attached hydrogen (secondary N) is 1. The minimum Gasteiger partial charge on any atom is -0.356 e. The Hall–Kier alpha value is -1.02. The summed E-state index contributed by atoms with van der Waals surface area (Å²) in [5.41, 5.74) is 1.08. The van der Waals surface area contributed by atoms with Gasteiger partial charge in [0.15, 0.2) is 0 Å². The van der Waals surface area contributed by atoms with Crippen molar-refractivity contribution in [3.8, 4) is 0 Å². The van der Waals surface area contributed by atoms with E-state index in [0.717, 1.165) is 29.8 Å². The number of halogens is 1.